The molecular formula is C19H25N3O3S2. The first-order chi connectivity index (χ1) is 13.1. The molecule has 0 bridgehead atoms. The molecule has 146 valence electrons. The molecule has 2 aromatic rings. The Balaban J connectivity index is 1.71. The van der Waals surface area contributed by atoms with Crippen molar-refractivity contribution in [3.63, 3.8) is 0 Å². The molecule has 0 unspecified atom stereocenters. The number of aromatic nitrogens is 1. The molecule has 2 rings (SSSR count). The largest absolute Gasteiger partial charge is 0.497 e. The van der Waals surface area contributed by atoms with Crippen LogP contribution in [0.15, 0.2) is 34.0 Å². The molecule has 2 amide bonds. The lowest BCUT2D eigenvalue weighted by Gasteiger charge is -2.05. The summed E-state index contributed by atoms with van der Waals surface area (Å²) < 4.78 is 5.88. The molecular weight excluding hydrogens is 382 g/mol. The molecule has 2 N–H and O–H groups in total. The molecule has 1 aromatic heterocycles. The third kappa shape index (κ3) is 8.01. The number of thioether (sulfide) groups is 1. The lowest BCUT2D eigenvalue weighted by molar-refractivity contribution is -0.120. The van der Waals surface area contributed by atoms with Crippen molar-refractivity contribution in [3.05, 3.63) is 35.3 Å². The molecule has 1 aromatic carbocycles. The minimum atomic E-state index is -0.101. The van der Waals surface area contributed by atoms with Crippen LogP contribution in [0.2, 0.25) is 0 Å². The maximum absolute atomic E-state index is 12.0. The second-order valence-electron chi connectivity index (χ2n) is 5.90. The van der Waals surface area contributed by atoms with Crippen LogP contribution in [0.5, 0.6) is 5.75 Å². The number of methoxy groups -OCH3 is 1. The van der Waals surface area contributed by atoms with E-state index in [1.807, 2.05) is 5.38 Å². The van der Waals surface area contributed by atoms with Crippen LogP contribution in [0.25, 0.3) is 0 Å². The Labute approximate surface area is 168 Å². The summed E-state index contributed by atoms with van der Waals surface area (Å²) in [7, 11) is 1.60. The quantitative estimate of drug-likeness (QED) is 0.438. The van der Waals surface area contributed by atoms with Crippen LogP contribution in [0.3, 0.4) is 0 Å². The number of rotatable bonds is 11. The van der Waals surface area contributed by atoms with Gasteiger partial charge in [0.05, 0.1) is 25.0 Å². The zero-order valence-corrected chi connectivity index (χ0v) is 17.3. The first kappa shape index (κ1) is 21.2. The number of hydrogen-bond donors (Lipinski definition) is 2. The van der Waals surface area contributed by atoms with Crippen LogP contribution >= 0.6 is 23.1 Å². The van der Waals surface area contributed by atoms with Crippen molar-refractivity contribution in [3.8, 4) is 5.75 Å². The van der Waals surface area contributed by atoms with E-state index in [9.17, 15) is 9.59 Å². The second-order valence-corrected chi connectivity index (χ2v) is 7.98. The molecule has 0 spiro atoms. The van der Waals surface area contributed by atoms with E-state index in [2.05, 4.69) is 22.5 Å². The van der Waals surface area contributed by atoms with Gasteiger partial charge in [-0.15, -0.1) is 11.3 Å². The van der Waals surface area contributed by atoms with Crippen LogP contribution in [0, 0.1) is 0 Å². The Hall–Kier alpha value is -2.06. The highest BCUT2D eigenvalue weighted by Gasteiger charge is 2.10. The van der Waals surface area contributed by atoms with E-state index in [4.69, 9.17) is 4.74 Å². The first-order valence-electron chi connectivity index (χ1n) is 8.88. The Morgan fingerprint density at radius 2 is 1.96 bits per heavy atom. The molecule has 0 radical (unpaired) electrons. The summed E-state index contributed by atoms with van der Waals surface area (Å²) in [6, 6.07) is 7.18. The van der Waals surface area contributed by atoms with Crippen molar-refractivity contribution in [1.29, 1.82) is 0 Å². The van der Waals surface area contributed by atoms with E-state index in [1.54, 1.807) is 31.4 Å². The van der Waals surface area contributed by atoms with Gasteiger partial charge in [-0.3, -0.25) is 9.59 Å². The van der Waals surface area contributed by atoms with Gasteiger partial charge in [-0.1, -0.05) is 31.5 Å². The molecule has 27 heavy (non-hydrogen) atoms. The molecule has 0 aliphatic carbocycles. The molecule has 0 atom stereocenters. The molecule has 6 nitrogen and oxygen atoms in total. The van der Waals surface area contributed by atoms with Gasteiger partial charge in [-0.25, -0.2) is 4.98 Å². The maximum atomic E-state index is 12.0. The number of nitrogens with zero attached hydrogens (tertiary/aromatic N) is 1. The van der Waals surface area contributed by atoms with E-state index in [0.29, 0.717) is 6.54 Å². The summed E-state index contributed by atoms with van der Waals surface area (Å²) >= 11 is 2.82. The molecule has 0 fully saturated rings. The normalized spacial score (nSPS) is 10.4. The van der Waals surface area contributed by atoms with Crippen molar-refractivity contribution in [2.24, 2.45) is 0 Å². The molecule has 0 saturated carbocycles. The number of nitrogens with one attached hydrogen (secondary N) is 2. The summed E-state index contributed by atoms with van der Waals surface area (Å²) in [5.74, 6) is 0.898. The average molecular weight is 408 g/mol. The number of carbonyl (C=O) groups excluding carboxylic acids is 2. The van der Waals surface area contributed by atoms with Gasteiger partial charge in [0.25, 0.3) is 0 Å². The summed E-state index contributed by atoms with van der Waals surface area (Å²) in [5.41, 5.74) is 1.46. The van der Waals surface area contributed by atoms with Crippen LogP contribution in [-0.2, 0) is 16.0 Å². The average Bonchev–Trinajstić information content (AvgIpc) is 3.11. The fraction of sp³-hybridized carbons (Fsp3) is 0.421. The lowest BCUT2D eigenvalue weighted by atomic mass is 10.2. The smallest absolute Gasteiger partial charge is 0.234 e. The molecule has 0 saturated heterocycles. The van der Waals surface area contributed by atoms with Crippen LogP contribution in [0.1, 0.15) is 31.9 Å². The molecule has 8 heteroatoms. The Bertz CT molecular complexity index is 732. The minimum Gasteiger partial charge on any atom is -0.497 e. The number of ether oxygens (including phenoxy) is 1. The first-order valence-corrected chi connectivity index (χ1v) is 10.7. The van der Waals surface area contributed by atoms with Gasteiger partial charge in [0.2, 0.25) is 11.8 Å². The lowest BCUT2D eigenvalue weighted by Crippen LogP contribution is -2.26. The van der Waals surface area contributed by atoms with Gasteiger partial charge in [0.1, 0.15) is 5.75 Å². The highest BCUT2D eigenvalue weighted by atomic mass is 32.2. The summed E-state index contributed by atoms with van der Waals surface area (Å²) in [4.78, 5) is 28.3. The second kappa shape index (κ2) is 11.6. The molecule has 0 aliphatic heterocycles. The van der Waals surface area contributed by atoms with E-state index in [-0.39, 0.29) is 24.0 Å². The van der Waals surface area contributed by atoms with Gasteiger partial charge in [0, 0.05) is 17.6 Å². The van der Waals surface area contributed by atoms with E-state index in [1.165, 1.54) is 23.1 Å². The summed E-state index contributed by atoms with van der Waals surface area (Å²) in [6.07, 6.45) is 3.54. The third-order valence-electron chi connectivity index (χ3n) is 3.68. The number of anilines is 1. The van der Waals surface area contributed by atoms with Crippen molar-refractivity contribution in [1.82, 2.24) is 10.3 Å². The number of thiazole rings is 1. The topological polar surface area (TPSA) is 80.3 Å². The Morgan fingerprint density at radius 1 is 1.19 bits per heavy atom. The Kier molecular flexibility index (Phi) is 9.13. The number of benzene rings is 1. The predicted molar refractivity (Wildman–Crippen MR) is 111 cm³/mol. The number of carbonyl (C=O) groups is 2. The maximum Gasteiger partial charge on any atom is 0.234 e. The van der Waals surface area contributed by atoms with Gasteiger partial charge in [-0.05, 0) is 30.7 Å². The zero-order valence-electron chi connectivity index (χ0n) is 15.6. The molecule has 0 aliphatic rings. The van der Waals surface area contributed by atoms with E-state index < -0.39 is 0 Å². The van der Waals surface area contributed by atoms with E-state index >= 15 is 0 Å². The predicted octanol–water partition coefficient (Wildman–Crippen LogP) is 3.73. The third-order valence-corrected chi connectivity index (χ3v) is 5.75. The van der Waals surface area contributed by atoms with E-state index in [0.717, 1.165) is 40.7 Å². The van der Waals surface area contributed by atoms with Gasteiger partial charge in [0.15, 0.2) is 4.34 Å². The van der Waals surface area contributed by atoms with Crippen LogP contribution in [0.4, 0.5) is 5.69 Å². The minimum absolute atomic E-state index is 0.00907. The summed E-state index contributed by atoms with van der Waals surface area (Å²) in [6.45, 7) is 2.84. The van der Waals surface area contributed by atoms with Crippen molar-refractivity contribution in [2.75, 3.05) is 24.7 Å². The number of unbranched alkanes of at least 4 members (excludes halogenated alkanes) is 2. The SMILES string of the molecule is CCCCCNC(=O)Cc1csc(SCC(=O)Nc2ccc(OC)cc2)n1. The van der Waals surface area contributed by atoms with Gasteiger partial charge >= 0.3 is 0 Å². The van der Waals surface area contributed by atoms with Crippen molar-refractivity contribution < 1.29 is 14.3 Å². The van der Waals surface area contributed by atoms with Crippen LogP contribution in [-0.4, -0.2) is 36.2 Å². The highest BCUT2D eigenvalue weighted by Crippen LogP contribution is 2.23. The molecule has 1 heterocycles. The fourth-order valence-electron chi connectivity index (χ4n) is 2.26. The summed E-state index contributed by atoms with van der Waals surface area (Å²) in [5, 5.41) is 7.61. The standard InChI is InChI=1S/C19H25N3O3S2/c1-3-4-5-10-20-17(23)11-15-12-26-19(22-15)27-13-18(24)21-14-6-8-16(25-2)9-7-14/h6-9,12H,3-5,10-11,13H2,1-2H3,(H,20,23)(H,21,24). The van der Waals surface area contributed by atoms with Gasteiger partial charge < -0.3 is 15.4 Å². The monoisotopic (exact) mass is 407 g/mol. The fourth-order valence-corrected chi connectivity index (χ4v) is 3.91. The van der Waals surface area contributed by atoms with Crippen molar-refractivity contribution in [2.45, 2.75) is 36.9 Å². The highest BCUT2D eigenvalue weighted by molar-refractivity contribution is 8.01. The zero-order chi connectivity index (χ0) is 19.5. The Morgan fingerprint density at radius 3 is 2.67 bits per heavy atom. The number of amides is 2. The number of hydrogen-bond acceptors (Lipinski definition) is 6. The van der Waals surface area contributed by atoms with Gasteiger partial charge in [-0.2, -0.15) is 0 Å². The van der Waals surface area contributed by atoms with Crippen molar-refractivity contribution >= 4 is 40.6 Å². The van der Waals surface area contributed by atoms with Crippen LogP contribution < -0.4 is 15.4 Å².